The van der Waals surface area contributed by atoms with Gasteiger partial charge in [0.05, 0.1) is 16.8 Å². The maximum absolute atomic E-state index is 13.3. The first kappa shape index (κ1) is 21.7. The third-order valence-electron chi connectivity index (χ3n) is 4.24. The predicted octanol–water partition coefficient (Wildman–Crippen LogP) is 5.12. The molecule has 3 aromatic rings. The fourth-order valence-corrected chi connectivity index (χ4v) is 3.74. The lowest BCUT2D eigenvalue weighted by molar-refractivity contribution is 0.0544. The molecule has 0 saturated carbocycles. The molecule has 0 aliphatic carbocycles. The Morgan fingerprint density at radius 1 is 1.20 bits per heavy atom. The molecule has 0 N–H and O–H groups in total. The fourth-order valence-electron chi connectivity index (χ4n) is 2.98. The first-order valence-electron chi connectivity index (χ1n) is 9.57. The van der Waals surface area contributed by atoms with E-state index in [1.807, 2.05) is 32.0 Å². The molecule has 0 amide bonds. The smallest absolute Gasteiger partial charge is 0.419 e. The van der Waals surface area contributed by atoms with Gasteiger partial charge < -0.3 is 9.57 Å². The number of carbonyl (C=O) groups excluding carboxylic acids is 2. The van der Waals surface area contributed by atoms with Crippen LogP contribution in [0.2, 0.25) is 0 Å². The number of oxime groups is 1. The molecular formula is C22H25N3O4S. The maximum Gasteiger partial charge on any atom is 0.419 e. The predicted molar refractivity (Wildman–Crippen MR) is 118 cm³/mol. The quantitative estimate of drug-likeness (QED) is 0.321. The number of thiazole rings is 1. The minimum Gasteiger partial charge on any atom is -0.443 e. The van der Waals surface area contributed by atoms with Gasteiger partial charge in [-0.3, -0.25) is 9.36 Å². The Balaban J connectivity index is 2.03. The molecule has 2 aromatic heterocycles. The highest BCUT2D eigenvalue weighted by molar-refractivity contribution is 7.12. The van der Waals surface area contributed by atoms with Gasteiger partial charge in [0.25, 0.3) is 0 Å². The summed E-state index contributed by atoms with van der Waals surface area (Å²) in [6.45, 7) is 9.36. The van der Waals surface area contributed by atoms with Crippen molar-refractivity contribution in [1.29, 1.82) is 0 Å². The van der Waals surface area contributed by atoms with E-state index in [4.69, 9.17) is 9.57 Å². The Hall–Kier alpha value is -3.00. The standard InChI is InChI=1S/C22H25N3O4S/c1-13(2)18(24-28-6)16-12-30-20(23-16)19(26)15-11-25(21(27)29-22(3,4)5)17-10-8-7-9-14(15)17/h7-13H,1-6H3/b24-18+. The lowest BCUT2D eigenvalue weighted by Crippen LogP contribution is -2.26. The molecule has 0 fully saturated rings. The summed E-state index contributed by atoms with van der Waals surface area (Å²) in [5, 5.41) is 6.81. The van der Waals surface area contributed by atoms with Gasteiger partial charge in [0.15, 0.2) is 5.01 Å². The summed E-state index contributed by atoms with van der Waals surface area (Å²) in [6.07, 6.45) is 0.987. The normalized spacial score (nSPS) is 12.4. The van der Waals surface area contributed by atoms with Gasteiger partial charge in [0, 0.05) is 22.9 Å². The molecule has 0 aliphatic rings. The Kier molecular flexibility index (Phi) is 6.07. The Morgan fingerprint density at radius 3 is 2.53 bits per heavy atom. The summed E-state index contributed by atoms with van der Waals surface area (Å²) in [4.78, 5) is 35.3. The van der Waals surface area contributed by atoms with Crippen molar-refractivity contribution in [2.45, 2.75) is 40.2 Å². The van der Waals surface area contributed by atoms with Crippen LogP contribution in [0.15, 0.2) is 41.0 Å². The lowest BCUT2D eigenvalue weighted by atomic mass is 10.1. The number of carbonyl (C=O) groups is 2. The van der Waals surface area contributed by atoms with Crippen LogP contribution in [0.25, 0.3) is 10.9 Å². The molecule has 0 aliphatic heterocycles. The summed E-state index contributed by atoms with van der Waals surface area (Å²) in [6, 6.07) is 7.23. The molecule has 0 spiro atoms. The zero-order valence-electron chi connectivity index (χ0n) is 17.9. The van der Waals surface area contributed by atoms with Crippen LogP contribution in [0.3, 0.4) is 0 Å². The molecule has 0 radical (unpaired) electrons. The molecular weight excluding hydrogens is 402 g/mol. The van der Waals surface area contributed by atoms with Crippen LogP contribution in [-0.4, -0.2) is 39.9 Å². The second kappa shape index (κ2) is 8.39. The molecule has 0 atom stereocenters. The molecule has 158 valence electrons. The van der Waals surface area contributed by atoms with E-state index in [1.165, 1.54) is 29.2 Å². The molecule has 0 saturated heterocycles. The third kappa shape index (κ3) is 4.43. The van der Waals surface area contributed by atoms with Crippen LogP contribution in [0.1, 0.15) is 55.7 Å². The SMILES string of the molecule is CO/N=C(/c1csc(C(=O)c2cn(C(=O)OC(C)(C)C)c3ccccc23)n1)C(C)C. The van der Waals surface area contributed by atoms with Gasteiger partial charge in [0.1, 0.15) is 18.4 Å². The van der Waals surface area contributed by atoms with E-state index in [-0.39, 0.29) is 11.7 Å². The number of ketones is 1. The molecule has 3 rings (SSSR count). The van der Waals surface area contributed by atoms with Crippen LogP contribution >= 0.6 is 11.3 Å². The third-order valence-corrected chi connectivity index (χ3v) is 5.09. The fraction of sp³-hybridized carbons (Fsp3) is 0.364. The highest BCUT2D eigenvalue weighted by atomic mass is 32.1. The number of aromatic nitrogens is 2. The Morgan fingerprint density at radius 2 is 1.90 bits per heavy atom. The summed E-state index contributed by atoms with van der Waals surface area (Å²) >= 11 is 1.24. The molecule has 0 unspecified atom stereocenters. The minimum atomic E-state index is -0.648. The zero-order chi connectivity index (χ0) is 22.1. The van der Waals surface area contributed by atoms with Gasteiger partial charge in [-0.1, -0.05) is 37.2 Å². The van der Waals surface area contributed by atoms with Gasteiger partial charge in [-0.2, -0.15) is 0 Å². The Labute approximate surface area is 179 Å². The number of para-hydroxylation sites is 1. The first-order valence-corrected chi connectivity index (χ1v) is 10.5. The van der Waals surface area contributed by atoms with Crippen molar-refractivity contribution < 1.29 is 19.2 Å². The van der Waals surface area contributed by atoms with E-state index < -0.39 is 11.7 Å². The monoisotopic (exact) mass is 427 g/mol. The molecule has 1 aromatic carbocycles. The molecule has 2 heterocycles. The van der Waals surface area contributed by atoms with Crippen LogP contribution in [0.4, 0.5) is 4.79 Å². The number of hydrogen-bond donors (Lipinski definition) is 0. The summed E-state index contributed by atoms with van der Waals surface area (Å²) in [5.74, 6) is -0.172. The first-order chi connectivity index (χ1) is 14.1. The van der Waals surface area contributed by atoms with Crippen LogP contribution < -0.4 is 0 Å². The highest BCUT2D eigenvalue weighted by Gasteiger charge is 2.25. The number of benzene rings is 1. The van der Waals surface area contributed by atoms with Crippen molar-refractivity contribution in [1.82, 2.24) is 9.55 Å². The van der Waals surface area contributed by atoms with Crippen molar-refractivity contribution in [2.75, 3.05) is 7.11 Å². The number of fused-ring (bicyclic) bond motifs is 1. The Bertz CT molecular complexity index is 1120. The van der Waals surface area contributed by atoms with Crippen molar-refractivity contribution in [3.05, 3.63) is 52.1 Å². The van der Waals surface area contributed by atoms with Gasteiger partial charge in [0.2, 0.25) is 5.78 Å². The van der Waals surface area contributed by atoms with E-state index in [9.17, 15) is 9.59 Å². The van der Waals surface area contributed by atoms with Gasteiger partial charge in [-0.15, -0.1) is 11.3 Å². The van der Waals surface area contributed by atoms with Crippen LogP contribution in [0.5, 0.6) is 0 Å². The van der Waals surface area contributed by atoms with Gasteiger partial charge in [-0.05, 0) is 26.8 Å². The highest BCUT2D eigenvalue weighted by Crippen LogP contribution is 2.26. The zero-order valence-corrected chi connectivity index (χ0v) is 18.7. The summed E-state index contributed by atoms with van der Waals surface area (Å²) in [7, 11) is 1.48. The van der Waals surface area contributed by atoms with Crippen molar-refractivity contribution in [3.8, 4) is 0 Å². The average Bonchev–Trinajstić information content (AvgIpc) is 3.29. The molecule has 8 heteroatoms. The van der Waals surface area contributed by atoms with E-state index in [0.29, 0.717) is 32.9 Å². The minimum absolute atomic E-state index is 0.0871. The van der Waals surface area contributed by atoms with E-state index in [2.05, 4.69) is 10.1 Å². The molecule has 7 nitrogen and oxygen atoms in total. The van der Waals surface area contributed by atoms with Crippen molar-refractivity contribution in [3.63, 3.8) is 0 Å². The van der Waals surface area contributed by atoms with E-state index in [0.717, 1.165) is 0 Å². The van der Waals surface area contributed by atoms with Crippen LogP contribution in [-0.2, 0) is 9.57 Å². The summed E-state index contributed by atoms with van der Waals surface area (Å²) < 4.78 is 6.86. The number of ether oxygens (including phenoxy) is 1. The number of hydrogen-bond acceptors (Lipinski definition) is 7. The van der Waals surface area contributed by atoms with Gasteiger partial charge >= 0.3 is 6.09 Å². The lowest BCUT2D eigenvalue weighted by Gasteiger charge is -2.19. The number of nitrogens with zero attached hydrogens (tertiary/aromatic N) is 3. The van der Waals surface area contributed by atoms with Crippen LogP contribution in [0, 0.1) is 5.92 Å². The van der Waals surface area contributed by atoms with Gasteiger partial charge in [-0.25, -0.2) is 9.78 Å². The molecule has 30 heavy (non-hydrogen) atoms. The van der Waals surface area contributed by atoms with E-state index in [1.54, 1.807) is 32.2 Å². The van der Waals surface area contributed by atoms with Crippen molar-refractivity contribution >= 4 is 39.8 Å². The maximum atomic E-state index is 13.3. The summed E-state index contributed by atoms with van der Waals surface area (Å²) in [5.41, 5.74) is 1.63. The topological polar surface area (TPSA) is 82.8 Å². The largest absolute Gasteiger partial charge is 0.443 e. The average molecular weight is 428 g/mol. The second-order valence-corrected chi connectivity index (χ2v) is 8.95. The number of rotatable bonds is 5. The van der Waals surface area contributed by atoms with Crippen molar-refractivity contribution in [2.24, 2.45) is 11.1 Å². The second-order valence-electron chi connectivity index (χ2n) is 8.09. The molecule has 0 bridgehead atoms. The van der Waals surface area contributed by atoms with E-state index >= 15 is 0 Å².